The third-order valence-electron chi connectivity index (χ3n) is 2.99. The van der Waals surface area contributed by atoms with E-state index < -0.39 is 0 Å². The Morgan fingerprint density at radius 2 is 2.29 bits per heavy atom. The Hall–Kier alpha value is -1.40. The number of rotatable bonds is 6. The van der Waals surface area contributed by atoms with Crippen molar-refractivity contribution < 1.29 is 9.53 Å². The van der Waals surface area contributed by atoms with Gasteiger partial charge in [0.05, 0.1) is 28.8 Å². The van der Waals surface area contributed by atoms with E-state index in [-0.39, 0.29) is 5.91 Å². The molecule has 0 radical (unpaired) electrons. The molecule has 1 aromatic carbocycles. The van der Waals surface area contributed by atoms with Crippen LogP contribution in [0.25, 0.3) is 0 Å². The second-order valence-corrected chi connectivity index (χ2v) is 6.52. The molecule has 0 fully saturated rings. The number of benzene rings is 1. The summed E-state index contributed by atoms with van der Waals surface area (Å²) in [6, 6.07) is 5.85. The lowest BCUT2D eigenvalue weighted by Crippen LogP contribution is -2.23. The smallest absolute Gasteiger partial charge is 0.220 e. The van der Waals surface area contributed by atoms with E-state index in [1.54, 1.807) is 18.4 Å². The molecule has 0 saturated heterocycles. The molecule has 1 N–H and O–H groups in total. The summed E-state index contributed by atoms with van der Waals surface area (Å²) in [7, 11) is 1.63. The first-order chi connectivity index (χ1) is 10.1. The number of carbonyl (C=O) groups is 1. The molecule has 0 spiro atoms. The molecule has 4 nitrogen and oxygen atoms in total. The van der Waals surface area contributed by atoms with Crippen molar-refractivity contribution in [3.8, 4) is 5.75 Å². The van der Waals surface area contributed by atoms with Crippen molar-refractivity contribution in [3.05, 3.63) is 44.3 Å². The number of halogens is 1. The lowest BCUT2D eigenvalue weighted by molar-refractivity contribution is -0.121. The number of nitrogens with zero attached hydrogens (tertiary/aromatic N) is 1. The van der Waals surface area contributed by atoms with Gasteiger partial charge in [-0.1, -0.05) is 6.07 Å². The Morgan fingerprint density at radius 3 is 2.90 bits per heavy atom. The van der Waals surface area contributed by atoms with Crippen LogP contribution in [-0.2, 0) is 17.8 Å². The Bertz CT molecular complexity index is 628. The molecule has 2 aromatic rings. The number of aryl methyl sites for hydroxylation is 2. The van der Waals surface area contributed by atoms with Crippen LogP contribution in [0.1, 0.15) is 22.7 Å². The molecule has 0 unspecified atom stereocenters. The van der Waals surface area contributed by atoms with E-state index in [0.29, 0.717) is 19.4 Å². The zero-order valence-electron chi connectivity index (χ0n) is 12.0. The largest absolute Gasteiger partial charge is 0.496 e. The van der Waals surface area contributed by atoms with Gasteiger partial charge in [0.15, 0.2) is 0 Å². The molecule has 2 rings (SSSR count). The number of carbonyl (C=O) groups excluding carboxylic acids is 1. The Morgan fingerprint density at radius 1 is 1.48 bits per heavy atom. The van der Waals surface area contributed by atoms with E-state index in [1.807, 2.05) is 30.5 Å². The minimum absolute atomic E-state index is 0.0348. The molecule has 0 saturated carbocycles. The highest BCUT2D eigenvalue weighted by atomic mass is 79.9. The monoisotopic (exact) mass is 368 g/mol. The van der Waals surface area contributed by atoms with Gasteiger partial charge in [0, 0.05) is 11.8 Å². The van der Waals surface area contributed by atoms with Crippen molar-refractivity contribution in [3.63, 3.8) is 0 Å². The minimum atomic E-state index is 0.0348. The molecule has 112 valence electrons. The highest BCUT2D eigenvalue weighted by Gasteiger charge is 2.06. The van der Waals surface area contributed by atoms with Crippen molar-refractivity contribution in [2.45, 2.75) is 26.3 Å². The molecule has 0 aliphatic rings. The summed E-state index contributed by atoms with van der Waals surface area (Å²) >= 11 is 5.04. The number of ether oxygens (including phenoxy) is 1. The van der Waals surface area contributed by atoms with Crippen LogP contribution in [0.15, 0.2) is 28.1 Å². The van der Waals surface area contributed by atoms with E-state index in [1.165, 1.54) is 0 Å². The highest BCUT2D eigenvalue weighted by molar-refractivity contribution is 9.10. The van der Waals surface area contributed by atoms with Gasteiger partial charge in [0.1, 0.15) is 5.75 Å². The number of thiazole rings is 1. The molecule has 0 bridgehead atoms. The van der Waals surface area contributed by atoms with Gasteiger partial charge < -0.3 is 10.1 Å². The van der Waals surface area contributed by atoms with E-state index in [2.05, 4.69) is 26.2 Å². The minimum Gasteiger partial charge on any atom is -0.496 e. The molecule has 0 atom stereocenters. The molecule has 0 aliphatic carbocycles. The van der Waals surface area contributed by atoms with Crippen LogP contribution in [-0.4, -0.2) is 18.0 Å². The van der Waals surface area contributed by atoms with Gasteiger partial charge in [-0.15, -0.1) is 11.3 Å². The molecular formula is C15H17BrN2O2S. The number of amides is 1. The van der Waals surface area contributed by atoms with E-state index in [9.17, 15) is 4.79 Å². The van der Waals surface area contributed by atoms with Gasteiger partial charge in [0.2, 0.25) is 5.91 Å². The number of hydrogen-bond acceptors (Lipinski definition) is 4. The normalized spacial score (nSPS) is 10.4. The van der Waals surface area contributed by atoms with Gasteiger partial charge >= 0.3 is 0 Å². The summed E-state index contributed by atoms with van der Waals surface area (Å²) in [6.45, 7) is 2.45. The van der Waals surface area contributed by atoms with E-state index >= 15 is 0 Å². The lowest BCUT2D eigenvalue weighted by Gasteiger charge is -2.07. The zero-order chi connectivity index (χ0) is 15.2. The van der Waals surface area contributed by atoms with Crippen molar-refractivity contribution in [1.29, 1.82) is 0 Å². The summed E-state index contributed by atoms with van der Waals surface area (Å²) in [4.78, 5) is 16.1. The van der Waals surface area contributed by atoms with E-state index in [4.69, 9.17) is 4.74 Å². The molecule has 6 heteroatoms. The quantitative estimate of drug-likeness (QED) is 0.848. The maximum atomic E-state index is 11.8. The van der Waals surface area contributed by atoms with Gasteiger partial charge in [0.25, 0.3) is 0 Å². The number of nitrogens with one attached hydrogen (secondary N) is 1. The molecule has 1 amide bonds. The predicted molar refractivity (Wildman–Crippen MR) is 87.7 cm³/mol. The van der Waals surface area contributed by atoms with Crippen LogP contribution < -0.4 is 10.1 Å². The number of aromatic nitrogens is 1. The van der Waals surface area contributed by atoms with Gasteiger partial charge in [-0.05, 0) is 47.0 Å². The number of methoxy groups -OCH3 is 1. The van der Waals surface area contributed by atoms with Crippen molar-refractivity contribution in [1.82, 2.24) is 10.3 Å². The van der Waals surface area contributed by atoms with Crippen LogP contribution in [0.2, 0.25) is 0 Å². The van der Waals surface area contributed by atoms with Crippen molar-refractivity contribution in [2.24, 2.45) is 0 Å². The SMILES string of the molecule is COc1ccc(CCC(=O)NCc2csc(C)n2)cc1Br. The van der Waals surface area contributed by atoms with Crippen LogP contribution in [0.4, 0.5) is 0 Å². The van der Waals surface area contributed by atoms with Gasteiger partial charge in [-0.25, -0.2) is 4.98 Å². The molecular weight excluding hydrogens is 352 g/mol. The predicted octanol–water partition coefficient (Wildman–Crippen LogP) is 3.47. The zero-order valence-corrected chi connectivity index (χ0v) is 14.4. The fraction of sp³-hybridized carbons (Fsp3) is 0.333. The third kappa shape index (κ3) is 4.82. The molecule has 1 aromatic heterocycles. The summed E-state index contributed by atoms with van der Waals surface area (Å²) < 4.78 is 6.09. The maximum Gasteiger partial charge on any atom is 0.220 e. The number of hydrogen-bond donors (Lipinski definition) is 1. The van der Waals surface area contributed by atoms with Crippen molar-refractivity contribution in [2.75, 3.05) is 7.11 Å². The summed E-state index contributed by atoms with van der Waals surface area (Å²) in [5.41, 5.74) is 2.01. The third-order valence-corrected chi connectivity index (χ3v) is 4.43. The van der Waals surface area contributed by atoms with Gasteiger partial charge in [-0.3, -0.25) is 4.79 Å². The Kier molecular flexibility index (Phi) is 5.76. The molecule has 1 heterocycles. The van der Waals surface area contributed by atoms with Crippen LogP contribution >= 0.6 is 27.3 Å². The fourth-order valence-corrected chi connectivity index (χ4v) is 3.09. The Labute approximate surface area is 136 Å². The lowest BCUT2D eigenvalue weighted by atomic mass is 10.1. The first-order valence-electron chi connectivity index (χ1n) is 6.58. The first-order valence-corrected chi connectivity index (χ1v) is 8.26. The van der Waals surface area contributed by atoms with Crippen LogP contribution in [0, 0.1) is 6.92 Å². The standard InChI is InChI=1S/C15H17BrN2O2S/c1-10-18-12(9-21-10)8-17-15(19)6-4-11-3-5-14(20-2)13(16)7-11/h3,5,7,9H,4,6,8H2,1-2H3,(H,17,19). The fourth-order valence-electron chi connectivity index (χ4n) is 1.89. The second kappa shape index (κ2) is 7.56. The van der Waals surface area contributed by atoms with E-state index in [0.717, 1.165) is 26.5 Å². The Balaban J connectivity index is 1.79. The summed E-state index contributed by atoms with van der Waals surface area (Å²) in [5.74, 6) is 0.828. The second-order valence-electron chi connectivity index (χ2n) is 4.60. The molecule has 21 heavy (non-hydrogen) atoms. The first kappa shape index (κ1) is 16.0. The topological polar surface area (TPSA) is 51.2 Å². The molecule has 0 aliphatic heterocycles. The maximum absolute atomic E-state index is 11.8. The summed E-state index contributed by atoms with van der Waals surface area (Å²) in [5, 5.41) is 5.87. The van der Waals surface area contributed by atoms with Crippen molar-refractivity contribution >= 4 is 33.2 Å². The average molecular weight is 369 g/mol. The summed E-state index contributed by atoms with van der Waals surface area (Å²) in [6.07, 6.45) is 1.16. The van der Waals surface area contributed by atoms with Crippen LogP contribution in [0.5, 0.6) is 5.75 Å². The van der Waals surface area contributed by atoms with Crippen LogP contribution in [0.3, 0.4) is 0 Å². The highest BCUT2D eigenvalue weighted by Crippen LogP contribution is 2.25. The van der Waals surface area contributed by atoms with Gasteiger partial charge in [-0.2, -0.15) is 0 Å². The average Bonchev–Trinajstić information content (AvgIpc) is 2.89.